The summed E-state index contributed by atoms with van der Waals surface area (Å²) in [4.78, 5) is 20.2. The van der Waals surface area contributed by atoms with E-state index in [2.05, 4.69) is 10.2 Å². The Balaban J connectivity index is 1.46. The van der Waals surface area contributed by atoms with Gasteiger partial charge in [-0.2, -0.15) is 5.10 Å². The maximum absolute atomic E-state index is 13.5. The highest BCUT2D eigenvalue weighted by atomic mass is 19.1. The van der Waals surface area contributed by atoms with Gasteiger partial charge in [0.15, 0.2) is 5.69 Å². The Labute approximate surface area is 181 Å². The maximum atomic E-state index is 13.5. The first-order chi connectivity index (χ1) is 15.1. The van der Waals surface area contributed by atoms with E-state index in [4.69, 9.17) is 4.98 Å². The van der Waals surface area contributed by atoms with Crippen LogP contribution >= 0.6 is 0 Å². The number of nitrogens with zero attached hydrogens (tertiary/aromatic N) is 3. The number of hydrogen-bond acceptors (Lipinski definition) is 3. The maximum Gasteiger partial charge on any atom is 0.275 e. The van der Waals surface area contributed by atoms with E-state index >= 15 is 0 Å². The molecular weight excluding hydrogens is 391 g/mol. The lowest BCUT2D eigenvalue weighted by atomic mass is 10.0. The summed E-state index contributed by atoms with van der Waals surface area (Å²) in [6.07, 6.45) is 7.18. The van der Waals surface area contributed by atoms with Crippen LogP contribution in [0.15, 0.2) is 36.4 Å². The van der Waals surface area contributed by atoms with Crippen molar-refractivity contribution in [3.8, 4) is 11.1 Å². The molecule has 160 valence electrons. The molecule has 3 heterocycles. The number of likely N-dealkylation sites (tertiary alicyclic amines) is 1. The quantitative estimate of drug-likeness (QED) is 0.597. The molecule has 5 nitrogen and oxygen atoms in total. The number of rotatable bonds is 3. The van der Waals surface area contributed by atoms with Gasteiger partial charge in [-0.05, 0) is 80.8 Å². The zero-order chi connectivity index (χ0) is 21.4. The molecule has 0 spiro atoms. The predicted octanol–water partition coefficient (Wildman–Crippen LogP) is 5.17. The van der Waals surface area contributed by atoms with Crippen molar-refractivity contribution in [1.29, 1.82) is 0 Å². The Morgan fingerprint density at radius 1 is 1.06 bits per heavy atom. The van der Waals surface area contributed by atoms with Crippen molar-refractivity contribution < 1.29 is 9.18 Å². The fourth-order valence-corrected chi connectivity index (χ4v) is 4.96. The van der Waals surface area contributed by atoms with Gasteiger partial charge in [0, 0.05) is 23.5 Å². The number of benzene rings is 1. The summed E-state index contributed by atoms with van der Waals surface area (Å²) in [5, 5.41) is 7.56. The van der Waals surface area contributed by atoms with E-state index in [1.807, 2.05) is 24.0 Å². The molecule has 5 rings (SSSR count). The molecule has 1 fully saturated rings. The monoisotopic (exact) mass is 418 g/mol. The highest BCUT2D eigenvalue weighted by Gasteiger charge is 2.34. The minimum atomic E-state index is -0.250. The number of carbonyl (C=O) groups excluding carboxylic acids is 1. The molecule has 31 heavy (non-hydrogen) atoms. The standard InChI is InChI=1S/C25H27FN4O/c1-16-14-18(17-9-11-19(26)12-10-17)15-22(27-16)23-8-5-13-30(23)25(31)24-20-6-3-2-4-7-21(20)28-29-24/h9-12,14-15,23H,2-8,13H2,1H3,(H,28,29). The highest BCUT2D eigenvalue weighted by molar-refractivity contribution is 5.94. The number of aromatic nitrogens is 3. The lowest BCUT2D eigenvalue weighted by Crippen LogP contribution is -2.32. The molecule has 1 atom stereocenters. The third kappa shape index (κ3) is 3.87. The molecule has 1 N–H and O–H groups in total. The van der Waals surface area contributed by atoms with Crippen molar-refractivity contribution in [2.75, 3.05) is 6.54 Å². The third-order valence-corrected chi connectivity index (χ3v) is 6.51. The summed E-state index contributed by atoms with van der Waals surface area (Å²) in [7, 11) is 0. The fraction of sp³-hybridized carbons (Fsp3) is 0.400. The van der Waals surface area contributed by atoms with Crippen molar-refractivity contribution in [3.05, 3.63) is 70.6 Å². The van der Waals surface area contributed by atoms with Crippen LogP contribution < -0.4 is 0 Å². The number of carbonyl (C=O) groups is 1. The largest absolute Gasteiger partial charge is 0.329 e. The van der Waals surface area contributed by atoms with E-state index in [9.17, 15) is 9.18 Å². The van der Waals surface area contributed by atoms with Gasteiger partial charge < -0.3 is 4.90 Å². The number of hydrogen-bond donors (Lipinski definition) is 1. The van der Waals surface area contributed by atoms with Crippen LogP contribution in [0.2, 0.25) is 0 Å². The molecule has 1 amide bonds. The summed E-state index contributed by atoms with van der Waals surface area (Å²) in [5.74, 6) is -0.242. The first kappa shape index (κ1) is 19.9. The summed E-state index contributed by atoms with van der Waals surface area (Å²) in [6, 6.07) is 10.5. The van der Waals surface area contributed by atoms with Crippen molar-refractivity contribution in [2.45, 2.75) is 57.9 Å². The summed E-state index contributed by atoms with van der Waals surface area (Å²) >= 11 is 0. The van der Waals surface area contributed by atoms with Crippen molar-refractivity contribution >= 4 is 5.91 Å². The first-order valence-corrected chi connectivity index (χ1v) is 11.2. The molecule has 1 saturated heterocycles. The van der Waals surface area contributed by atoms with Crippen LogP contribution in [0.1, 0.15) is 71.3 Å². The summed E-state index contributed by atoms with van der Waals surface area (Å²) in [5.41, 5.74) is 6.56. The number of fused-ring (bicyclic) bond motifs is 1. The van der Waals surface area contributed by atoms with Crippen LogP contribution in [-0.2, 0) is 12.8 Å². The molecule has 1 aliphatic heterocycles. The van der Waals surface area contributed by atoms with Gasteiger partial charge in [0.1, 0.15) is 5.82 Å². The molecule has 0 radical (unpaired) electrons. The summed E-state index contributed by atoms with van der Waals surface area (Å²) in [6.45, 7) is 2.68. The highest BCUT2D eigenvalue weighted by Crippen LogP contribution is 2.35. The van der Waals surface area contributed by atoms with E-state index in [0.29, 0.717) is 12.2 Å². The Morgan fingerprint density at radius 3 is 2.71 bits per heavy atom. The van der Waals surface area contributed by atoms with E-state index in [1.165, 1.54) is 18.6 Å². The molecule has 1 aromatic carbocycles. The predicted molar refractivity (Wildman–Crippen MR) is 117 cm³/mol. The number of H-pyrrole nitrogens is 1. The average molecular weight is 419 g/mol. The van der Waals surface area contributed by atoms with Gasteiger partial charge in [-0.25, -0.2) is 4.39 Å². The van der Waals surface area contributed by atoms with Crippen molar-refractivity contribution in [3.63, 3.8) is 0 Å². The fourth-order valence-electron chi connectivity index (χ4n) is 4.96. The number of pyridine rings is 1. The van der Waals surface area contributed by atoms with Gasteiger partial charge in [0.05, 0.1) is 11.7 Å². The minimum Gasteiger partial charge on any atom is -0.329 e. The zero-order valence-electron chi connectivity index (χ0n) is 17.8. The van der Waals surface area contributed by atoms with E-state index < -0.39 is 0 Å². The van der Waals surface area contributed by atoms with Gasteiger partial charge in [-0.1, -0.05) is 18.6 Å². The second-order valence-electron chi connectivity index (χ2n) is 8.68. The molecule has 2 aromatic heterocycles. The van der Waals surface area contributed by atoms with Crippen LogP contribution in [0.25, 0.3) is 11.1 Å². The second kappa shape index (κ2) is 8.25. The van der Waals surface area contributed by atoms with Gasteiger partial charge in [-0.3, -0.25) is 14.9 Å². The van der Waals surface area contributed by atoms with E-state index in [0.717, 1.165) is 72.3 Å². The Morgan fingerprint density at radius 2 is 1.87 bits per heavy atom. The topological polar surface area (TPSA) is 61.9 Å². The molecule has 6 heteroatoms. The molecule has 2 aliphatic rings. The molecule has 0 bridgehead atoms. The smallest absolute Gasteiger partial charge is 0.275 e. The number of amides is 1. The Hall–Kier alpha value is -3.02. The van der Waals surface area contributed by atoms with E-state index in [-0.39, 0.29) is 17.8 Å². The van der Waals surface area contributed by atoms with Gasteiger partial charge in [-0.15, -0.1) is 0 Å². The van der Waals surface area contributed by atoms with Crippen LogP contribution in [0, 0.1) is 12.7 Å². The Bertz CT molecular complexity index is 1110. The zero-order valence-corrected chi connectivity index (χ0v) is 17.8. The molecule has 3 aromatic rings. The van der Waals surface area contributed by atoms with Crippen LogP contribution in [0.5, 0.6) is 0 Å². The molecule has 0 saturated carbocycles. The van der Waals surface area contributed by atoms with Crippen LogP contribution in [0.4, 0.5) is 4.39 Å². The molecule has 1 aliphatic carbocycles. The molecule has 1 unspecified atom stereocenters. The lowest BCUT2D eigenvalue weighted by molar-refractivity contribution is 0.0725. The van der Waals surface area contributed by atoms with Gasteiger partial charge in [0.2, 0.25) is 0 Å². The van der Waals surface area contributed by atoms with Gasteiger partial charge in [0.25, 0.3) is 5.91 Å². The SMILES string of the molecule is Cc1cc(-c2ccc(F)cc2)cc(C2CCCN2C(=O)c2n[nH]c3c2CCCCC3)n1. The molecular formula is C25H27FN4O. The van der Waals surface area contributed by atoms with Gasteiger partial charge >= 0.3 is 0 Å². The third-order valence-electron chi connectivity index (χ3n) is 6.51. The van der Waals surface area contributed by atoms with E-state index in [1.54, 1.807) is 12.1 Å². The van der Waals surface area contributed by atoms with Crippen LogP contribution in [0.3, 0.4) is 0 Å². The second-order valence-corrected chi connectivity index (χ2v) is 8.68. The number of halogens is 1. The summed E-state index contributed by atoms with van der Waals surface area (Å²) < 4.78 is 13.4. The van der Waals surface area contributed by atoms with Crippen LogP contribution in [-0.4, -0.2) is 32.5 Å². The number of aryl methyl sites for hydroxylation is 2. The average Bonchev–Trinajstić information content (AvgIpc) is 3.35. The van der Waals surface area contributed by atoms with Crippen molar-refractivity contribution in [1.82, 2.24) is 20.1 Å². The normalized spacial score (nSPS) is 18.6. The Kier molecular flexibility index (Phi) is 5.30. The lowest BCUT2D eigenvalue weighted by Gasteiger charge is -2.25. The number of aromatic amines is 1. The number of nitrogens with one attached hydrogen (secondary N) is 1. The first-order valence-electron chi connectivity index (χ1n) is 11.2. The minimum absolute atomic E-state index is 0.00791. The van der Waals surface area contributed by atoms with Crippen molar-refractivity contribution in [2.24, 2.45) is 0 Å².